The molecular weight excluding hydrogens is 270 g/mol. The molecule has 116 valence electrons. The van der Waals surface area contributed by atoms with Crippen molar-refractivity contribution < 1.29 is 0 Å². The molecule has 1 aromatic carbocycles. The molecular formula is C19H25N3. The number of imidazole rings is 1. The molecule has 22 heavy (non-hydrogen) atoms. The van der Waals surface area contributed by atoms with Gasteiger partial charge in [-0.2, -0.15) is 0 Å². The molecule has 0 N–H and O–H groups in total. The van der Waals surface area contributed by atoms with Crippen LogP contribution in [0.15, 0.2) is 42.5 Å². The van der Waals surface area contributed by atoms with E-state index in [1.807, 2.05) is 0 Å². The van der Waals surface area contributed by atoms with Crippen molar-refractivity contribution in [2.24, 2.45) is 0 Å². The number of allylic oxidation sites excluding steroid dienone is 3. The summed E-state index contributed by atoms with van der Waals surface area (Å²) in [6.45, 7) is 8.94. The summed E-state index contributed by atoms with van der Waals surface area (Å²) < 4.78 is 2.37. The Kier molecular flexibility index (Phi) is 3.69. The predicted molar refractivity (Wildman–Crippen MR) is 93.7 cm³/mol. The zero-order valence-electron chi connectivity index (χ0n) is 14.2. The molecule has 3 nitrogen and oxygen atoms in total. The average Bonchev–Trinajstić information content (AvgIpc) is 2.89. The Morgan fingerprint density at radius 1 is 1.27 bits per heavy atom. The molecule has 1 unspecified atom stereocenters. The molecule has 3 heteroatoms. The second-order valence-electron chi connectivity index (χ2n) is 6.50. The van der Waals surface area contributed by atoms with Crippen molar-refractivity contribution in [2.45, 2.75) is 45.8 Å². The van der Waals surface area contributed by atoms with Crippen LogP contribution in [0.5, 0.6) is 0 Å². The average molecular weight is 295 g/mol. The highest BCUT2D eigenvalue weighted by Crippen LogP contribution is 2.39. The molecule has 0 spiro atoms. The Labute approximate surface area is 133 Å². The molecule has 1 aliphatic rings. The van der Waals surface area contributed by atoms with Crippen molar-refractivity contribution in [1.29, 1.82) is 0 Å². The molecule has 2 heterocycles. The van der Waals surface area contributed by atoms with Gasteiger partial charge in [-0.1, -0.05) is 37.3 Å². The highest BCUT2D eigenvalue weighted by Gasteiger charge is 2.40. The van der Waals surface area contributed by atoms with Gasteiger partial charge in [-0.15, -0.1) is 0 Å². The molecule has 0 amide bonds. The van der Waals surface area contributed by atoms with Crippen LogP contribution >= 0.6 is 0 Å². The highest BCUT2D eigenvalue weighted by atomic mass is 15.4. The Bertz CT molecular complexity index is 749. The lowest BCUT2D eigenvalue weighted by molar-refractivity contribution is 0.0549. The van der Waals surface area contributed by atoms with E-state index < -0.39 is 0 Å². The van der Waals surface area contributed by atoms with Crippen molar-refractivity contribution in [3.05, 3.63) is 48.3 Å². The topological polar surface area (TPSA) is 21.1 Å². The maximum Gasteiger partial charge on any atom is 0.140 e. The van der Waals surface area contributed by atoms with Crippen LogP contribution in [0.25, 0.3) is 16.6 Å². The van der Waals surface area contributed by atoms with Gasteiger partial charge in [0.15, 0.2) is 0 Å². The van der Waals surface area contributed by atoms with Gasteiger partial charge in [-0.05, 0) is 46.4 Å². The molecule has 1 aliphatic heterocycles. The van der Waals surface area contributed by atoms with E-state index in [9.17, 15) is 0 Å². The van der Waals surface area contributed by atoms with Gasteiger partial charge in [-0.25, -0.2) is 4.98 Å². The minimum absolute atomic E-state index is 0.101. The summed E-state index contributed by atoms with van der Waals surface area (Å²) in [6.07, 6.45) is 7.61. The number of fused-ring (bicyclic) bond motifs is 3. The monoisotopic (exact) mass is 295 g/mol. The van der Waals surface area contributed by atoms with E-state index in [-0.39, 0.29) is 5.66 Å². The first-order valence-corrected chi connectivity index (χ1v) is 8.06. The van der Waals surface area contributed by atoms with Crippen LogP contribution in [0.4, 0.5) is 0 Å². The predicted octanol–water partition coefficient (Wildman–Crippen LogP) is 4.41. The first-order valence-electron chi connectivity index (χ1n) is 8.06. The van der Waals surface area contributed by atoms with Crippen LogP contribution in [0.1, 0.15) is 39.9 Å². The summed E-state index contributed by atoms with van der Waals surface area (Å²) in [5.41, 5.74) is 3.45. The molecule has 0 bridgehead atoms. The number of benzene rings is 1. The number of likely N-dealkylation sites (N-methyl/N-ethyl adjacent to an activating group) is 1. The Morgan fingerprint density at radius 3 is 2.73 bits per heavy atom. The fourth-order valence-corrected chi connectivity index (χ4v) is 3.32. The van der Waals surface area contributed by atoms with Gasteiger partial charge in [0.1, 0.15) is 5.82 Å². The standard InChI is InChI=1S/C19H25N3/c1-6-7-8-11-15-14(2)21(5)19(3,4)22-17-13-10-9-12-16(17)20-18(15)22/h7-14H,6H2,1-5H3/b8-7-,15-11+. The molecule has 1 atom stereocenters. The van der Waals surface area contributed by atoms with Crippen LogP contribution in [0, 0.1) is 0 Å². The molecule has 2 aromatic rings. The van der Waals surface area contributed by atoms with E-state index in [4.69, 9.17) is 4.98 Å². The highest BCUT2D eigenvalue weighted by molar-refractivity contribution is 5.82. The molecule has 0 fully saturated rings. The van der Waals surface area contributed by atoms with Crippen LogP contribution in [-0.4, -0.2) is 27.5 Å². The van der Waals surface area contributed by atoms with E-state index in [1.165, 1.54) is 11.1 Å². The third kappa shape index (κ3) is 2.12. The Balaban J connectivity index is 2.29. The lowest BCUT2D eigenvalue weighted by atomic mass is 9.97. The van der Waals surface area contributed by atoms with Crippen molar-refractivity contribution in [2.75, 3.05) is 7.05 Å². The van der Waals surface area contributed by atoms with Crippen molar-refractivity contribution in [1.82, 2.24) is 14.5 Å². The van der Waals surface area contributed by atoms with Gasteiger partial charge in [-0.3, -0.25) is 4.90 Å². The van der Waals surface area contributed by atoms with Crippen LogP contribution in [0.2, 0.25) is 0 Å². The number of aromatic nitrogens is 2. The SMILES string of the molecule is CC/C=C\C=C1\c2nc3ccccc3n2C(C)(C)N(C)C1C. The van der Waals surface area contributed by atoms with Crippen molar-refractivity contribution >= 4 is 16.6 Å². The summed E-state index contributed by atoms with van der Waals surface area (Å²) in [5, 5.41) is 0. The molecule has 0 saturated carbocycles. The zero-order valence-corrected chi connectivity index (χ0v) is 14.2. The Morgan fingerprint density at radius 2 is 2.00 bits per heavy atom. The summed E-state index contributed by atoms with van der Waals surface area (Å²) in [4.78, 5) is 7.34. The summed E-state index contributed by atoms with van der Waals surface area (Å²) >= 11 is 0. The van der Waals surface area contributed by atoms with Gasteiger partial charge >= 0.3 is 0 Å². The van der Waals surface area contributed by atoms with Crippen LogP contribution in [0.3, 0.4) is 0 Å². The van der Waals surface area contributed by atoms with Gasteiger partial charge in [0.2, 0.25) is 0 Å². The molecule has 1 aromatic heterocycles. The molecule has 0 saturated heterocycles. The second-order valence-corrected chi connectivity index (χ2v) is 6.50. The zero-order chi connectivity index (χ0) is 15.9. The fourth-order valence-electron chi connectivity index (χ4n) is 3.32. The second kappa shape index (κ2) is 5.40. The normalized spacial score (nSPS) is 23.5. The largest absolute Gasteiger partial charge is 0.305 e. The lowest BCUT2D eigenvalue weighted by Gasteiger charge is -2.46. The minimum Gasteiger partial charge on any atom is -0.305 e. The minimum atomic E-state index is -0.101. The third-order valence-electron chi connectivity index (χ3n) is 4.91. The molecule has 3 rings (SSSR count). The lowest BCUT2D eigenvalue weighted by Crippen LogP contribution is -2.52. The summed E-state index contributed by atoms with van der Waals surface area (Å²) in [7, 11) is 2.19. The van der Waals surface area contributed by atoms with Gasteiger partial charge in [0, 0.05) is 11.6 Å². The number of para-hydroxylation sites is 2. The van der Waals surface area contributed by atoms with Gasteiger partial charge in [0.05, 0.1) is 16.7 Å². The van der Waals surface area contributed by atoms with E-state index in [1.54, 1.807) is 0 Å². The quantitative estimate of drug-likeness (QED) is 0.818. The number of hydrogen-bond acceptors (Lipinski definition) is 2. The van der Waals surface area contributed by atoms with E-state index >= 15 is 0 Å². The maximum absolute atomic E-state index is 4.93. The van der Waals surface area contributed by atoms with Gasteiger partial charge < -0.3 is 4.57 Å². The molecule has 0 aliphatic carbocycles. The first-order chi connectivity index (χ1) is 10.5. The number of nitrogens with zero attached hydrogens (tertiary/aromatic N) is 3. The van der Waals surface area contributed by atoms with Crippen molar-refractivity contribution in [3.8, 4) is 0 Å². The fraction of sp³-hybridized carbons (Fsp3) is 0.421. The summed E-state index contributed by atoms with van der Waals surface area (Å²) in [5.74, 6) is 1.09. The maximum atomic E-state index is 4.93. The van der Waals surface area contributed by atoms with E-state index in [0.717, 1.165) is 17.8 Å². The van der Waals surface area contributed by atoms with E-state index in [0.29, 0.717) is 6.04 Å². The van der Waals surface area contributed by atoms with Gasteiger partial charge in [0.25, 0.3) is 0 Å². The van der Waals surface area contributed by atoms with E-state index in [2.05, 4.69) is 86.7 Å². The van der Waals surface area contributed by atoms with Crippen LogP contribution in [-0.2, 0) is 5.66 Å². The smallest absolute Gasteiger partial charge is 0.140 e. The number of rotatable bonds is 2. The Hall–Kier alpha value is -1.87. The summed E-state index contributed by atoms with van der Waals surface area (Å²) in [6, 6.07) is 8.74. The van der Waals surface area contributed by atoms with Crippen LogP contribution < -0.4 is 0 Å². The molecule has 0 radical (unpaired) electrons. The third-order valence-corrected chi connectivity index (χ3v) is 4.91. The van der Waals surface area contributed by atoms with Crippen molar-refractivity contribution in [3.63, 3.8) is 0 Å². The number of hydrogen-bond donors (Lipinski definition) is 0. The first kappa shape index (κ1) is 15.0.